The van der Waals surface area contributed by atoms with Gasteiger partial charge in [0.2, 0.25) is 0 Å². The van der Waals surface area contributed by atoms with Crippen LogP contribution in [0.2, 0.25) is 0 Å². The fourth-order valence-electron chi connectivity index (χ4n) is 3.87. The lowest BCUT2D eigenvalue weighted by atomic mass is 9.78. The third kappa shape index (κ3) is 11.1. The molecule has 192 valence electrons. The summed E-state index contributed by atoms with van der Waals surface area (Å²) in [5, 5.41) is 3.80. The monoisotopic (exact) mass is 458 g/mol. The molecule has 0 aliphatic rings. The van der Waals surface area contributed by atoms with Crippen molar-refractivity contribution in [1.82, 2.24) is 10.2 Å². The Morgan fingerprint density at radius 1 is 0.667 bits per heavy atom. The van der Waals surface area contributed by atoms with Crippen LogP contribution >= 0.6 is 0 Å². The molecule has 0 fully saturated rings. The number of nitrogens with one attached hydrogen (secondary N) is 1. The Balaban J connectivity index is 5.59. The molecule has 0 aliphatic carbocycles. The van der Waals surface area contributed by atoms with Crippen molar-refractivity contribution < 1.29 is 0 Å². The summed E-state index contributed by atoms with van der Waals surface area (Å²) >= 11 is 0. The van der Waals surface area contributed by atoms with E-state index in [-0.39, 0.29) is 33.9 Å². The van der Waals surface area contributed by atoms with E-state index in [2.05, 4.69) is 127 Å². The molecule has 2 atom stereocenters. The first-order valence-corrected chi connectivity index (χ1v) is 12.7. The molecule has 0 bridgehead atoms. The van der Waals surface area contributed by atoms with Crippen LogP contribution in [0, 0.1) is 16.2 Å². The number of hydrogen-bond acceptors (Lipinski definition) is 2. The number of nitrogens with zero attached hydrogens (tertiary/aromatic N) is 1. The van der Waals surface area contributed by atoms with Crippen molar-refractivity contribution >= 4 is 0 Å². The van der Waals surface area contributed by atoms with Crippen LogP contribution in [0.5, 0.6) is 0 Å². The third-order valence-electron chi connectivity index (χ3n) is 6.82. The van der Waals surface area contributed by atoms with Crippen molar-refractivity contribution in [3.05, 3.63) is 48.7 Å². The minimum Gasteiger partial charge on any atom is -0.372 e. The van der Waals surface area contributed by atoms with Crippen LogP contribution in [-0.4, -0.2) is 29.6 Å². The molecule has 33 heavy (non-hydrogen) atoms. The van der Waals surface area contributed by atoms with E-state index in [9.17, 15) is 0 Å². The lowest BCUT2D eigenvalue weighted by molar-refractivity contribution is 0.266. The zero-order valence-electron chi connectivity index (χ0n) is 24.8. The predicted molar refractivity (Wildman–Crippen MR) is 152 cm³/mol. The van der Waals surface area contributed by atoms with Gasteiger partial charge in [-0.2, -0.15) is 0 Å². The number of rotatable bonds is 11. The molecule has 0 aromatic heterocycles. The molecule has 0 spiro atoms. The summed E-state index contributed by atoms with van der Waals surface area (Å²) in [4.78, 5) is 2.37. The second kappa shape index (κ2) is 11.4. The first-order valence-electron chi connectivity index (χ1n) is 12.7. The molecule has 0 aromatic rings. The largest absolute Gasteiger partial charge is 0.372 e. The lowest BCUT2D eigenvalue weighted by Gasteiger charge is -2.40. The van der Waals surface area contributed by atoms with E-state index in [4.69, 9.17) is 0 Å². The van der Waals surface area contributed by atoms with Gasteiger partial charge in [0.1, 0.15) is 0 Å². The fourth-order valence-corrected chi connectivity index (χ4v) is 3.87. The van der Waals surface area contributed by atoms with Crippen molar-refractivity contribution in [1.29, 1.82) is 0 Å². The minimum atomic E-state index is 0.0302. The Labute approximate surface area is 208 Å². The molecular formula is C31H58N2. The van der Waals surface area contributed by atoms with Crippen molar-refractivity contribution in [3.8, 4) is 0 Å². The van der Waals surface area contributed by atoms with Gasteiger partial charge in [-0.25, -0.2) is 0 Å². The summed E-state index contributed by atoms with van der Waals surface area (Å²) in [6.07, 6.45) is 3.92. The molecule has 0 amide bonds. The van der Waals surface area contributed by atoms with E-state index < -0.39 is 0 Å². The Hall–Kier alpha value is -1.28. The smallest absolute Gasteiger partial charge is 0.0501 e. The van der Waals surface area contributed by atoms with Gasteiger partial charge in [-0.1, -0.05) is 99.8 Å². The van der Waals surface area contributed by atoms with Gasteiger partial charge in [-0.05, 0) is 68.3 Å². The van der Waals surface area contributed by atoms with E-state index in [1.54, 1.807) is 0 Å². The summed E-state index contributed by atoms with van der Waals surface area (Å²) in [6.45, 7) is 44.8. The minimum absolute atomic E-state index is 0.0302. The highest BCUT2D eigenvalue weighted by Crippen LogP contribution is 2.36. The fraction of sp³-hybridized carbons (Fsp3) is 0.742. The Morgan fingerprint density at radius 3 is 1.48 bits per heavy atom. The maximum Gasteiger partial charge on any atom is 0.0501 e. The molecule has 2 nitrogen and oxygen atoms in total. The van der Waals surface area contributed by atoms with Crippen LogP contribution < -0.4 is 5.32 Å². The highest BCUT2D eigenvalue weighted by molar-refractivity contribution is 5.20. The van der Waals surface area contributed by atoms with Gasteiger partial charge < -0.3 is 10.2 Å². The van der Waals surface area contributed by atoms with Gasteiger partial charge in [-0.15, -0.1) is 0 Å². The molecule has 0 saturated heterocycles. The molecule has 0 radical (unpaired) electrons. The summed E-state index contributed by atoms with van der Waals surface area (Å²) < 4.78 is 0. The summed E-state index contributed by atoms with van der Waals surface area (Å²) in [5.74, 6) is 0. The molecule has 0 heterocycles. The standard InChI is InChI=1S/C31H58N2/c1-22(28(5,6)7)18-21-27(25(4)30(11,12)13)33(17)23(2)19-20-26(32-31(14,15)16)24(3)29(8,9)10/h26-27,32H,1-4,18-21H2,5-17H3. The van der Waals surface area contributed by atoms with Gasteiger partial charge in [-0.3, -0.25) is 0 Å². The normalized spacial score (nSPS) is 15.1. The molecule has 0 saturated carbocycles. The first kappa shape index (κ1) is 31.7. The number of hydrogen-bond donors (Lipinski definition) is 1. The average molecular weight is 459 g/mol. The van der Waals surface area contributed by atoms with Crippen LogP contribution in [0.4, 0.5) is 0 Å². The van der Waals surface area contributed by atoms with Gasteiger partial charge in [0, 0.05) is 24.3 Å². The van der Waals surface area contributed by atoms with Crippen LogP contribution in [0.15, 0.2) is 48.7 Å². The van der Waals surface area contributed by atoms with Crippen molar-refractivity contribution in [2.45, 2.75) is 126 Å². The van der Waals surface area contributed by atoms with Gasteiger partial charge in [0.05, 0.1) is 6.04 Å². The Bertz CT molecular complexity index is 695. The van der Waals surface area contributed by atoms with Gasteiger partial charge in [0.15, 0.2) is 0 Å². The highest BCUT2D eigenvalue weighted by Gasteiger charge is 2.30. The number of likely N-dealkylation sites (N-methyl/N-ethyl adjacent to an activating group) is 1. The molecule has 0 aliphatic heterocycles. The quantitative estimate of drug-likeness (QED) is 0.311. The van der Waals surface area contributed by atoms with Crippen LogP contribution in [0.3, 0.4) is 0 Å². The second-order valence-corrected chi connectivity index (χ2v) is 14.1. The first-order chi connectivity index (χ1) is 14.5. The van der Waals surface area contributed by atoms with Gasteiger partial charge in [0.25, 0.3) is 0 Å². The zero-order valence-corrected chi connectivity index (χ0v) is 24.8. The van der Waals surface area contributed by atoms with Crippen molar-refractivity contribution in [3.63, 3.8) is 0 Å². The van der Waals surface area contributed by atoms with Crippen LogP contribution in [-0.2, 0) is 0 Å². The maximum absolute atomic E-state index is 4.54. The highest BCUT2D eigenvalue weighted by atomic mass is 15.1. The van der Waals surface area contributed by atoms with Gasteiger partial charge >= 0.3 is 0 Å². The van der Waals surface area contributed by atoms with Crippen molar-refractivity contribution in [2.24, 2.45) is 16.2 Å². The lowest BCUT2D eigenvalue weighted by Crippen LogP contribution is -2.46. The third-order valence-corrected chi connectivity index (χ3v) is 6.82. The Morgan fingerprint density at radius 2 is 1.12 bits per heavy atom. The SMILES string of the molecule is C=C(CCC(NC(C)(C)C)C(=C)C(C)(C)C)N(C)C(CCC(=C)C(C)(C)C)C(=C)C(C)(C)C. The molecule has 1 N–H and O–H groups in total. The molecular weight excluding hydrogens is 400 g/mol. The van der Waals surface area contributed by atoms with E-state index in [0.29, 0.717) is 0 Å². The average Bonchev–Trinajstić information content (AvgIpc) is 2.60. The van der Waals surface area contributed by atoms with Crippen LogP contribution in [0.25, 0.3) is 0 Å². The topological polar surface area (TPSA) is 15.3 Å². The van der Waals surface area contributed by atoms with E-state index in [0.717, 1.165) is 31.4 Å². The summed E-state index contributed by atoms with van der Waals surface area (Å²) in [6, 6.07) is 0.497. The molecule has 2 heteroatoms. The van der Waals surface area contributed by atoms with E-state index in [1.807, 2.05) is 0 Å². The zero-order chi connectivity index (χ0) is 26.6. The predicted octanol–water partition coefficient (Wildman–Crippen LogP) is 8.92. The molecule has 0 aromatic carbocycles. The molecule has 2 unspecified atom stereocenters. The van der Waals surface area contributed by atoms with E-state index in [1.165, 1.54) is 16.7 Å². The van der Waals surface area contributed by atoms with E-state index >= 15 is 0 Å². The number of allylic oxidation sites excluding steroid dienone is 2. The van der Waals surface area contributed by atoms with Crippen molar-refractivity contribution in [2.75, 3.05) is 7.05 Å². The summed E-state index contributed by atoms with van der Waals surface area (Å²) in [7, 11) is 2.19. The van der Waals surface area contributed by atoms with Crippen LogP contribution in [0.1, 0.15) is 109 Å². The molecule has 0 rings (SSSR count). The summed E-state index contributed by atoms with van der Waals surface area (Å²) in [5.41, 5.74) is 5.23. The maximum atomic E-state index is 4.54. The second-order valence-electron chi connectivity index (χ2n) is 14.1. The Kier molecular flexibility index (Phi) is 11.0.